The summed E-state index contributed by atoms with van der Waals surface area (Å²) in [6.45, 7) is 3.80. The zero-order chi connectivity index (χ0) is 13.7. The maximum absolute atomic E-state index is 11.9. The lowest BCUT2D eigenvalue weighted by Gasteiger charge is -2.31. The first-order valence-corrected chi connectivity index (χ1v) is 6.33. The minimum absolute atomic E-state index is 0.183. The molecule has 18 heavy (non-hydrogen) atoms. The van der Waals surface area contributed by atoms with Gasteiger partial charge in [-0.3, -0.25) is 4.79 Å². The molecule has 0 radical (unpaired) electrons. The van der Waals surface area contributed by atoms with E-state index in [1.165, 1.54) is 4.90 Å². The molecule has 2 N–H and O–H groups in total. The quantitative estimate of drug-likeness (QED) is 0.766. The van der Waals surface area contributed by atoms with Crippen LogP contribution < -0.4 is 5.32 Å². The number of carbonyl (C=O) groups is 2. The average molecular weight is 257 g/mol. The zero-order valence-electron chi connectivity index (χ0n) is 11.3. The lowest BCUT2D eigenvalue weighted by molar-refractivity contribution is -0.141. The molecule has 104 valence electrons. The smallest absolute Gasteiger partial charge is 0.317 e. The molecule has 1 rings (SSSR count). The predicted molar refractivity (Wildman–Crippen MR) is 68.5 cm³/mol. The van der Waals surface area contributed by atoms with Gasteiger partial charge in [-0.05, 0) is 33.0 Å². The molecule has 0 spiro atoms. The summed E-state index contributed by atoms with van der Waals surface area (Å²) in [5.41, 5.74) is 0. The van der Waals surface area contributed by atoms with Gasteiger partial charge >= 0.3 is 12.0 Å². The van der Waals surface area contributed by atoms with Gasteiger partial charge in [0.2, 0.25) is 0 Å². The average Bonchev–Trinajstić information content (AvgIpc) is 2.31. The fourth-order valence-electron chi connectivity index (χ4n) is 2.01. The van der Waals surface area contributed by atoms with Crippen LogP contribution in [0.25, 0.3) is 0 Å². The van der Waals surface area contributed by atoms with Crippen molar-refractivity contribution in [3.63, 3.8) is 0 Å². The third-order valence-corrected chi connectivity index (χ3v) is 3.36. The third kappa shape index (κ3) is 4.52. The normalized spacial score (nSPS) is 19.3. The highest BCUT2D eigenvalue weighted by Gasteiger charge is 2.22. The van der Waals surface area contributed by atoms with Crippen molar-refractivity contribution in [1.29, 1.82) is 0 Å². The third-order valence-electron chi connectivity index (χ3n) is 3.36. The van der Waals surface area contributed by atoms with E-state index in [-0.39, 0.29) is 18.6 Å². The summed E-state index contributed by atoms with van der Waals surface area (Å²) in [5.74, 6) is -1.42. The van der Waals surface area contributed by atoms with Gasteiger partial charge < -0.3 is 20.2 Å². The molecule has 2 amide bonds. The minimum atomic E-state index is -0.881. The highest BCUT2D eigenvalue weighted by atomic mass is 16.4. The summed E-state index contributed by atoms with van der Waals surface area (Å²) in [4.78, 5) is 26.3. The Balaban J connectivity index is 2.33. The molecular weight excluding hydrogens is 234 g/mol. The van der Waals surface area contributed by atoms with Crippen LogP contribution in [0.15, 0.2) is 0 Å². The Labute approximate surface area is 108 Å². The number of carbonyl (C=O) groups excluding carboxylic acids is 1. The molecule has 1 aliphatic rings. The van der Waals surface area contributed by atoms with Gasteiger partial charge in [-0.1, -0.05) is 6.92 Å². The number of piperidine rings is 1. The van der Waals surface area contributed by atoms with E-state index in [2.05, 4.69) is 17.3 Å². The van der Waals surface area contributed by atoms with Crippen molar-refractivity contribution in [2.75, 3.05) is 33.7 Å². The predicted octanol–water partition coefficient (Wildman–Crippen LogP) is 0.443. The first-order chi connectivity index (χ1) is 8.40. The molecule has 1 aliphatic heterocycles. The van der Waals surface area contributed by atoms with Gasteiger partial charge in [0.15, 0.2) is 0 Å². The summed E-state index contributed by atoms with van der Waals surface area (Å²) in [7, 11) is 3.70. The Kier molecular flexibility index (Phi) is 5.40. The molecule has 0 aliphatic carbocycles. The Hall–Kier alpha value is -1.30. The largest absolute Gasteiger partial charge is 0.481 e. The van der Waals surface area contributed by atoms with Gasteiger partial charge in [-0.25, -0.2) is 4.79 Å². The van der Waals surface area contributed by atoms with Crippen molar-refractivity contribution in [3.05, 3.63) is 0 Å². The number of carboxylic acids is 1. The number of aliphatic carboxylic acids is 1. The number of urea groups is 1. The monoisotopic (exact) mass is 257 g/mol. The Morgan fingerprint density at radius 2 is 2.00 bits per heavy atom. The van der Waals surface area contributed by atoms with Gasteiger partial charge in [-0.2, -0.15) is 0 Å². The molecule has 6 heteroatoms. The number of amides is 2. The number of likely N-dealkylation sites (tertiary alicyclic amines) is 1. The van der Waals surface area contributed by atoms with Crippen molar-refractivity contribution in [2.24, 2.45) is 5.92 Å². The minimum Gasteiger partial charge on any atom is -0.481 e. The van der Waals surface area contributed by atoms with Crippen LogP contribution in [0.4, 0.5) is 4.79 Å². The van der Waals surface area contributed by atoms with Crippen LogP contribution in [0.5, 0.6) is 0 Å². The molecule has 0 aromatic carbocycles. The number of hydrogen-bond donors (Lipinski definition) is 2. The molecule has 1 fully saturated rings. The van der Waals surface area contributed by atoms with Crippen molar-refractivity contribution in [2.45, 2.75) is 25.8 Å². The van der Waals surface area contributed by atoms with E-state index >= 15 is 0 Å². The Morgan fingerprint density at radius 1 is 1.44 bits per heavy atom. The standard InChI is InChI=1S/C12H23N3O3/c1-9(11(16)17)8-15(3)12(18)13-10-4-6-14(2)7-5-10/h9-10H,4-8H2,1-3H3,(H,13,18)(H,16,17). The first-order valence-electron chi connectivity index (χ1n) is 6.33. The molecule has 0 aromatic rings. The maximum atomic E-state index is 11.9. The SMILES string of the molecule is CC(CN(C)C(=O)NC1CCN(C)CC1)C(=O)O. The summed E-state index contributed by atoms with van der Waals surface area (Å²) in [6.07, 6.45) is 1.90. The molecule has 1 saturated heterocycles. The molecule has 0 aromatic heterocycles. The van der Waals surface area contributed by atoms with E-state index in [1.807, 2.05) is 0 Å². The van der Waals surface area contributed by atoms with Crippen LogP contribution in [-0.4, -0.2) is 66.7 Å². The topological polar surface area (TPSA) is 72.9 Å². The van der Waals surface area contributed by atoms with Crippen molar-refractivity contribution < 1.29 is 14.7 Å². The summed E-state index contributed by atoms with van der Waals surface area (Å²) in [6, 6.07) is 0.0222. The van der Waals surface area contributed by atoms with Crippen LogP contribution in [0.1, 0.15) is 19.8 Å². The maximum Gasteiger partial charge on any atom is 0.317 e. The second kappa shape index (κ2) is 6.58. The van der Waals surface area contributed by atoms with Crippen LogP contribution in [0, 0.1) is 5.92 Å². The first kappa shape index (κ1) is 14.8. The van der Waals surface area contributed by atoms with Crippen molar-refractivity contribution in [1.82, 2.24) is 15.1 Å². The van der Waals surface area contributed by atoms with Crippen LogP contribution in [0.2, 0.25) is 0 Å². The molecule has 1 atom stereocenters. The second-order valence-corrected chi connectivity index (χ2v) is 5.15. The molecule has 0 saturated carbocycles. The Morgan fingerprint density at radius 3 is 2.50 bits per heavy atom. The van der Waals surface area contributed by atoms with Crippen LogP contribution in [0.3, 0.4) is 0 Å². The van der Waals surface area contributed by atoms with E-state index in [0.29, 0.717) is 0 Å². The fraction of sp³-hybridized carbons (Fsp3) is 0.833. The van der Waals surface area contributed by atoms with Gasteiger partial charge in [0.05, 0.1) is 5.92 Å². The van der Waals surface area contributed by atoms with Crippen molar-refractivity contribution >= 4 is 12.0 Å². The molecule has 6 nitrogen and oxygen atoms in total. The molecule has 1 heterocycles. The van der Waals surface area contributed by atoms with Crippen LogP contribution >= 0.6 is 0 Å². The van der Waals surface area contributed by atoms with E-state index in [4.69, 9.17) is 5.11 Å². The fourth-order valence-corrected chi connectivity index (χ4v) is 2.01. The van der Waals surface area contributed by atoms with Crippen LogP contribution in [-0.2, 0) is 4.79 Å². The van der Waals surface area contributed by atoms with E-state index in [1.54, 1.807) is 14.0 Å². The zero-order valence-corrected chi connectivity index (χ0v) is 11.3. The molecule has 1 unspecified atom stereocenters. The van der Waals surface area contributed by atoms with Gasteiger partial charge in [0.25, 0.3) is 0 Å². The number of rotatable bonds is 4. The summed E-state index contributed by atoms with van der Waals surface area (Å²) in [5, 5.41) is 11.8. The summed E-state index contributed by atoms with van der Waals surface area (Å²) >= 11 is 0. The van der Waals surface area contributed by atoms with E-state index in [9.17, 15) is 9.59 Å². The number of nitrogens with one attached hydrogen (secondary N) is 1. The highest BCUT2D eigenvalue weighted by Crippen LogP contribution is 2.08. The number of nitrogens with zero attached hydrogens (tertiary/aromatic N) is 2. The van der Waals surface area contributed by atoms with Gasteiger partial charge in [0.1, 0.15) is 0 Å². The molecule has 0 bridgehead atoms. The highest BCUT2D eigenvalue weighted by molar-refractivity contribution is 5.76. The van der Waals surface area contributed by atoms with Gasteiger partial charge in [-0.15, -0.1) is 0 Å². The second-order valence-electron chi connectivity index (χ2n) is 5.15. The van der Waals surface area contributed by atoms with E-state index in [0.717, 1.165) is 25.9 Å². The summed E-state index contributed by atoms with van der Waals surface area (Å²) < 4.78 is 0. The lowest BCUT2D eigenvalue weighted by atomic mass is 10.1. The molecular formula is C12H23N3O3. The van der Waals surface area contributed by atoms with Crippen molar-refractivity contribution in [3.8, 4) is 0 Å². The number of carboxylic acid groups (broad SMARTS) is 1. The lowest BCUT2D eigenvalue weighted by Crippen LogP contribution is -2.48. The van der Waals surface area contributed by atoms with Gasteiger partial charge in [0, 0.05) is 19.6 Å². The Bertz CT molecular complexity index is 301. The number of hydrogen-bond acceptors (Lipinski definition) is 3. The van der Waals surface area contributed by atoms with E-state index < -0.39 is 11.9 Å².